The minimum absolute atomic E-state index is 0.210. The maximum atomic E-state index is 14.1. The van der Waals surface area contributed by atoms with Gasteiger partial charge in [0.25, 0.3) is 0 Å². The standard InChI is InChI=1S/C26H26ClFN2O2S/c1-16(2)10-21-15-30(20-9-5-8-19(28)12-20)24-14-23(27)22(13-25(24)33-29(21)3)17-6-4-7-18(11-17)26(31)32/h4-9,11-14,16,21H,10,15H2,1-3H3,(H,31,32). The summed E-state index contributed by atoms with van der Waals surface area (Å²) in [7, 11) is 2.08. The van der Waals surface area contributed by atoms with Gasteiger partial charge in [-0.1, -0.05) is 43.6 Å². The molecular formula is C26H26ClFN2O2S. The second-order valence-corrected chi connectivity index (χ2v) is 10.3. The van der Waals surface area contributed by atoms with Gasteiger partial charge < -0.3 is 10.0 Å². The molecule has 0 spiro atoms. The summed E-state index contributed by atoms with van der Waals surface area (Å²) in [6, 6.07) is 17.5. The summed E-state index contributed by atoms with van der Waals surface area (Å²) in [6.07, 6.45) is 0.991. The first-order valence-corrected chi connectivity index (χ1v) is 12.0. The summed E-state index contributed by atoms with van der Waals surface area (Å²) >= 11 is 8.39. The number of fused-ring (bicyclic) bond motifs is 1. The number of carboxylic acid groups (broad SMARTS) is 1. The lowest BCUT2D eigenvalue weighted by Crippen LogP contribution is -2.36. The molecule has 1 atom stereocenters. The Labute approximate surface area is 203 Å². The maximum absolute atomic E-state index is 14.1. The smallest absolute Gasteiger partial charge is 0.335 e. The summed E-state index contributed by atoms with van der Waals surface area (Å²) in [5, 5.41) is 9.91. The van der Waals surface area contributed by atoms with Crippen LogP contribution in [0.1, 0.15) is 30.6 Å². The fourth-order valence-electron chi connectivity index (χ4n) is 4.18. The lowest BCUT2D eigenvalue weighted by Gasteiger charge is -2.31. The van der Waals surface area contributed by atoms with Gasteiger partial charge in [-0.3, -0.25) is 0 Å². The van der Waals surface area contributed by atoms with Crippen molar-refractivity contribution in [3.8, 4) is 11.1 Å². The molecule has 4 rings (SSSR count). The highest BCUT2D eigenvalue weighted by Gasteiger charge is 2.29. The van der Waals surface area contributed by atoms with Crippen molar-refractivity contribution in [2.75, 3.05) is 18.5 Å². The van der Waals surface area contributed by atoms with Crippen LogP contribution in [0, 0.1) is 11.7 Å². The minimum Gasteiger partial charge on any atom is -0.478 e. The number of carboxylic acids is 1. The molecule has 0 saturated carbocycles. The molecular weight excluding hydrogens is 459 g/mol. The van der Waals surface area contributed by atoms with Crippen LogP contribution in [-0.2, 0) is 0 Å². The molecule has 0 radical (unpaired) electrons. The third-order valence-corrected chi connectivity index (χ3v) is 7.20. The number of anilines is 2. The van der Waals surface area contributed by atoms with E-state index in [1.165, 1.54) is 6.07 Å². The second kappa shape index (κ2) is 9.75. The van der Waals surface area contributed by atoms with E-state index < -0.39 is 5.97 Å². The van der Waals surface area contributed by atoms with E-state index in [2.05, 4.69) is 30.1 Å². The highest BCUT2D eigenvalue weighted by molar-refractivity contribution is 7.97. The van der Waals surface area contributed by atoms with Crippen molar-refractivity contribution in [1.82, 2.24) is 4.31 Å². The van der Waals surface area contributed by atoms with Crippen LogP contribution in [-0.4, -0.2) is 35.0 Å². The van der Waals surface area contributed by atoms with Gasteiger partial charge in [-0.15, -0.1) is 0 Å². The lowest BCUT2D eigenvalue weighted by atomic mass is 10.0. The molecule has 0 bridgehead atoms. The van der Waals surface area contributed by atoms with Crippen molar-refractivity contribution < 1.29 is 14.3 Å². The predicted molar refractivity (Wildman–Crippen MR) is 134 cm³/mol. The highest BCUT2D eigenvalue weighted by atomic mass is 35.5. The van der Waals surface area contributed by atoms with Crippen LogP contribution in [0.25, 0.3) is 11.1 Å². The van der Waals surface area contributed by atoms with E-state index in [0.717, 1.165) is 33.8 Å². The lowest BCUT2D eigenvalue weighted by molar-refractivity contribution is 0.0697. The number of benzene rings is 3. The van der Waals surface area contributed by atoms with Gasteiger partial charge in [-0.2, -0.15) is 0 Å². The van der Waals surface area contributed by atoms with Crippen molar-refractivity contribution in [3.05, 3.63) is 77.1 Å². The largest absolute Gasteiger partial charge is 0.478 e. The first-order valence-electron chi connectivity index (χ1n) is 10.8. The molecule has 0 fully saturated rings. The van der Waals surface area contributed by atoms with Gasteiger partial charge in [0, 0.05) is 28.7 Å². The number of carbonyl (C=O) groups is 1. The molecule has 3 aromatic carbocycles. The average Bonchev–Trinajstić information content (AvgIpc) is 2.89. The van der Waals surface area contributed by atoms with Crippen molar-refractivity contribution in [2.45, 2.75) is 31.2 Å². The van der Waals surface area contributed by atoms with E-state index in [0.29, 0.717) is 17.5 Å². The number of hydrogen-bond donors (Lipinski definition) is 1. The molecule has 0 aromatic heterocycles. The molecule has 0 aliphatic carbocycles. The van der Waals surface area contributed by atoms with Gasteiger partial charge in [-0.05, 0) is 79.4 Å². The van der Waals surface area contributed by atoms with Crippen molar-refractivity contribution in [3.63, 3.8) is 0 Å². The van der Waals surface area contributed by atoms with E-state index in [1.54, 1.807) is 42.3 Å². The second-order valence-electron chi connectivity index (χ2n) is 8.70. The number of halogens is 2. The highest BCUT2D eigenvalue weighted by Crippen LogP contribution is 2.45. The molecule has 1 aliphatic heterocycles. The van der Waals surface area contributed by atoms with Crippen molar-refractivity contribution >= 4 is 40.9 Å². The van der Waals surface area contributed by atoms with Crippen LogP contribution >= 0.6 is 23.5 Å². The van der Waals surface area contributed by atoms with Crippen LogP contribution < -0.4 is 4.90 Å². The van der Waals surface area contributed by atoms with Crippen LogP contribution in [0.15, 0.2) is 65.6 Å². The van der Waals surface area contributed by atoms with Crippen molar-refractivity contribution in [1.29, 1.82) is 0 Å². The van der Waals surface area contributed by atoms with E-state index in [-0.39, 0.29) is 17.4 Å². The Hall–Kier alpha value is -2.54. The van der Waals surface area contributed by atoms with E-state index in [4.69, 9.17) is 11.6 Å². The molecule has 1 aliphatic rings. The Morgan fingerprint density at radius 1 is 1.18 bits per heavy atom. The number of nitrogens with zero attached hydrogens (tertiary/aromatic N) is 2. The SMILES string of the molecule is CC(C)CC1CN(c2cccc(F)c2)c2cc(Cl)c(-c3cccc(C(=O)O)c3)cc2SN1C. The molecule has 172 valence electrons. The van der Waals surface area contributed by atoms with E-state index in [1.807, 2.05) is 24.3 Å². The maximum Gasteiger partial charge on any atom is 0.335 e. The number of rotatable bonds is 5. The van der Waals surface area contributed by atoms with Crippen LogP contribution in [0.5, 0.6) is 0 Å². The van der Waals surface area contributed by atoms with E-state index >= 15 is 0 Å². The summed E-state index contributed by atoms with van der Waals surface area (Å²) in [4.78, 5) is 14.6. The van der Waals surface area contributed by atoms with Gasteiger partial charge in [0.2, 0.25) is 0 Å². The summed E-state index contributed by atoms with van der Waals surface area (Å²) in [6.45, 7) is 5.10. The Kier molecular flexibility index (Phi) is 6.98. The number of hydrogen-bond acceptors (Lipinski definition) is 4. The normalized spacial score (nSPS) is 16.5. The third kappa shape index (κ3) is 5.18. The summed E-state index contributed by atoms with van der Waals surface area (Å²) < 4.78 is 16.4. The van der Waals surface area contributed by atoms with Crippen LogP contribution in [0.2, 0.25) is 5.02 Å². The Balaban J connectivity index is 1.85. The molecule has 4 nitrogen and oxygen atoms in total. The van der Waals surface area contributed by atoms with Gasteiger partial charge in [0.05, 0.1) is 16.3 Å². The molecule has 0 saturated heterocycles. The third-order valence-electron chi connectivity index (χ3n) is 5.77. The van der Waals surface area contributed by atoms with Crippen LogP contribution in [0.3, 0.4) is 0 Å². The Morgan fingerprint density at radius 2 is 1.94 bits per heavy atom. The first-order chi connectivity index (χ1) is 15.7. The van der Waals surface area contributed by atoms with E-state index in [9.17, 15) is 14.3 Å². The fraction of sp³-hybridized carbons (Fsp3) is 0.269. The molecule has 33 heavy (non-hydrogen) atoms. The molecule has 1 N–H and O–H groups in total. The Morgan fingerprint density at radius 3 is 2.64 bits per heavy atom. The van der Waals surface area contributed by atoms with Crippen molar-refractivity contribution in [2.24, 2.45) is 5.92 Å². The predicted octanol–water partition coefficient (Wildman–Crippen LogP) is 7.35. The molecule has 1 heterocycles. The zero-order valence-electron chi connectivity index (χ0n) is 18.8. The molecule has 7 heteroatoms. The number of likely N-dealkylation sites (N-methyl/N-ethyl adjacent to an activating group) is 1. The van der Waals surface area contributed by atoms with Gasteiger partial charge in [0.1, 0.15) is 5.82 Å². The first kappa shape index (κ1) is 23.6. The quantitative estimate of drug-likeness (QED) is 0.383. The summed E-state index contributed by atoms with van der Waals surface area (Å²) in [5.41, 5.74) is 3.40. The zero-order chi connectivity index (χ0) is 23.7. The van der Waals surface area contributed by atoms with Gasteiger partial charge in [0.15, 0.2) is 0 Å². The Bertz CT molecular complexity index is 1190. The minimum atomic E-state index is -0.981. The topological polar surface area (TPSA) is 43.8 Å². The molecule has 0 amide bonds. The average molecular weight is 485 g/mol. The zero-order valence-corrected chi connectivity index (χ0v) is 20.3. The fourth-order valence-corrected chi connectivity index (χ4v) is 5.49. The van der Waals surface area contributed by atoms with Gasteiger partial charge in [-0.25, -0.2) is 13.5 Å². The van der Waals surface area contributed by atoms with Crippen LogP contribution in [0.4, 0.5) is 15.8 Å². The number of aromatic carboxylic acids is 1. The molecule has 1 unspecified atom stereocenters. The monoisotopic (exact) mass is 484 g/mol. The molecule has 3 aromatic rings. The summed E-state index contributed by atoms with van der Waals surface area (Å²) in [5.74, 6) is -0.759. The van der Waals surface area contributed by atoms with Gasteiger partial charge >= 0.3 is 5.97 Å².